The second kappa shape index (κ2) is 4.12. The molecule has 1 fully saturated rings. The normalized spacial score (nSPS) is 23.3. The van der Waals surface area contributed by atoms with E-state index in [2.05, 4.69) is 26.1 Å². The predicted molar refractivity (Wildman–Crippen MR) is 54.4 cm³/mol. The van der Waals surface area contributed by atoms with Gasteiger partial charge < -0.3 is 5.32 Å². The van der Waals surface area contributed by atoms with E-state index in [1.54, 1.807) is 0 Å². The van der Waals surface area contributed by atoms with Crippen LogP contribution in [-0.4, -0.2) is 12.5 Å². The van der Waals surface area contributed by atoms with Gasteiger partial charge in [0, 0.05) is 12.5 Å². The second-order valence-electron chi connectivity index (χ2n) is 5.23. The summed E-state index contributed by atoms with van der Waals surface area (Å²) in [4.78, 5) is 11.2. The Bertz CT molecular complexity index is 181. The van der Waals surface area contributed by atoms with Crippen LogP contribution in [0.3, 0.4) is 0 Å². The highest BCUT2D eigenvalue weighted by Gasteiger charge is 2.23. The highest BCUT2D eigenvalue weighted by atomic mass is 16.2. The van der Waals surface area contributed by atoms with Crippen molar-refractivity contribution in [2.24, 2.45) is 11.3 Å². The number of rotatable bonds is 3. The summed E-state index contributed by atoms with van der Waals surface area (Å²) in [5, 5.41) is 2.88. The molecule has 1 heterocycles. The first-order valence-corrected chi connectivity index (χ1v) is 5.27. The topological polar surface area (TPSA) is 29.1 Å². The van der Waals surface area contributed by atoms with E-state index in [4.69, 9.17) is 0 Å². The minimum Gasteiger partial charge on any atom is -0.356 e. The molecule has 0 radical (unpaired) electrons. The van der Waals surface area contributed by atoms with Gasteiger partial charge in [0.05, 0.1) is 0 Å². The van der Waals surface area contributed by atoms with E-state index in [0.29, 0.717) is 11.3 Å². The van der Waals surface area contributed by atoms with Gasteiger partial charge in [-0.15, -0.1) is 0 Å². The molecule has 1 saturated heterocycles. The van der Waals surface area contributed by atoms with Crippen LogP contribution in [-0.2, 0) is 4.79 Å². The summed E-state index contributed by atoms with van der Waals surface area (Å²) in [6.07, 6.45) is 4.52. The highest BCUT2D eigenvalue weighted by molar-refractivity contribution is 5.80. The van der Waals surface area contributed by atoms with Crippen LogP contribution >= 0.6 is 0 Å². The molecule has 13 heavy (non-hydrogen) atoms. The fourth-order valence-electron chi connectivity index (χ4n) is 1.80. The van der Waals surface area contributed by atoms with Crippen molar-refractivity contribution in [3.05, 3.63) is 0 Å². The number of hydrogen-bond donors (Lipinski definition) is 1. The van der Waals surface area contributed by atoms with Gasteiger partial charge >= 0.3 is 0 Å². The molecule has 1 amide bonds. The van der Waals surface area contributed by atoms with Crippen LogP contribution in [0.4, 0.5) is 0 Å². The fraction of sp³-hybridized carbons (Fsp3) is 0.909. The molecule has 1 rings (SSSR count). The molecule has 0 aromatic carbocycles. The van der Waals surface area contributed by atoms with E-state index in [1.165, 1.54) is 12.8 Å². The first kappa shape index (κ1) is 10.6. The van der Waals surface area contributed by atoms with Crippen LogP contribution in [0.25, 0.3) is 0 Å². The van der Waals surface area contributed by atoms with Crippen molar-refractivity contribution in [3.63, 3.8) is 0 Å². The second-order valence-corrected chi connectivity index (χ2v) is 5.23. The van der Waals surface area contributed by atoms with E-state index in [9.17, 15) is 4.79 Å². The Balaban J connectivity index is 2.16. The van der Waals surface area contributed by atoms with Gasteiger partial charge in [-0.2, -0.15) is 0 Å². The van der Waals surface area contributed by atoms with Gasteiger partial charge in [-0.3, -0.25) is 4.79 Å². The van der Waals surface area contributed by atoms with Crippen LogP contribution in [0, 0.1) is 11.3 Å². The van der Waals surface area contributed by atoms with Gasteiger partial charge in [-0.05, 0) is 24.7 Å². The first-order valence-electron chi connectivity index (χ1n) is 5.27. The monoisotopic (exact) mass is 183 g/mol. The number of amides is 1. The maximum Gasteiger partial charge on any atom is 0.223 e. The summed E-state index contributed by atoms with van der Waals surface area (Å²) in [6, 6.07) is 0. The summed E-state index contributed by atoms with van der Waals surface area (Å²) < 4.78 is 0. The Morgan fingerprint density at radius 1 is 1.46 bits per heavy atom. The average molecular weight is 183 g/mol. The zero-order chi connectivity index (χ0) is 9.90. The Morgan fingerprint density at radius 3 is 2.62 bits per heavy atom. The number of carbonyl (C=O) groups excluding carboxylic acids is 1. The van der Waals surface area contributed by atoms with Crippen LogP contribution in [0.5, 0.6) is 0 Å². The molecule has 76 valence electrons. The van der Waals surface area contributed by atoms with E-state index in [1.807, 2.05) is 0 Å². The fourth-order valence-corrected chi connectivity index (χ4v) is 1.80. The Kier molecular flexibility index (Phi) is 3.34. The smallest absolute Gasteiger partial charge is 0.223 e. The Labute approximate surface area is 81.1 Å². The molecule has 0 aromatic heterocycles. The molecule has 1 unspecified atom stereocenters. The molecule has 0 spiro atoms. The number of nitrogens with one attached hydrogen (secondary N) is 1. The zero-order valence-electron chi connectivity index (χ0n) is 9.02. The number of hydrogen-bond acceptors (Lipinski definition) is 1. The predicted octanol–water partition coefficient (Wildman–Crippen LogP) is 2.34. The quantitative estimate of drug-likeness (QED) is 0.715. The Morgan fingerprint density at radius 2 is 2.15 bits per heavy atom. The summed E-state index contributed by atoms with van der Waals surface area (Å²) in [5.41, 5.74) is 0.412. The third-order valence-electron chi connectivity index (χ3n) is 2.64. The third-order valence-corrected chi connectivity index (χ3v) is 2.64. The largest absolute Gasteiger partial charge is 0.356 e. The lowest BCUT2D eigenvalue weighted by molar-refractivity contribution is -0.122. The van der Waals surface area contributed by atoms with Crippen LogP contribution in [0.1, 0.15) is 46.5 Å². The van der Waals surface area contributed by atoms with Crippen molar-refractivity contribution in [1.29, 1.82) is 0 Å². The standard InChI is InChI=1S/C11H21NO/c1-11(2,3)7-4-5-9-6-8-12-10(9)13/h9H,4-8H2,1-3H3,(H,12,13). The molecular weight excluding hydrogens is 162 g/mol. The van der Waals surface area contributed by atoms with Crippen LogP contribution in [0.2, 0.25) is 0 Å². The van der Waals surface area contributed by atoms with Crippen molar-refractivity contribution in [1.82, 2.24) is 5.32 Å². The lowest BCUT2D eigenvalue weighted by atomic mass is 9.87. The summed E-state index contributed by atoms with van der Waals surface area (Å²) in [5.74, 6) is 0.580. The van der Waals surface area contributed by atoms with Gasteiger partial charge in [-0.1, -0.05) is 27.2 Å². The maximum absolute atomic E-state index is 11.2. The zero-order valence-corrected chi connectivity index (χ0v) is 9.02. The molecule has 0 aliphatic carbocycles. The number of carbonyl (C=O) groups is 1. The highest BCUT2D eigenvalue weighted by Crippen LogP contribution is 2.25. The van der Waals surface area contributed by atoms with Gasteiger partial charge in [-0.25, -0.2) is 0 Å². The first-order chi connectivity index (χ1) is 5.99. The lowest BCUT2D eigenvalue weighted by Crippen LogP contribution is -2.19. The van der Waals surface area contributed by atoms with Gasteiger partial charge in [0.1, 0.15) is 0 Å². The minimum atomic E-state index is 0.272. The van der Waals surface area contributed by atoms with Crippen LogP contribution < -0.4 is 5.32 Å². The SMILES string of the molecule is CC(C)(C)CCCC1CCNC1=O. The molecule has 0 bridgehead atoms. The van der Waals surface area contributed by atoms with Crippen molar-refractivity contribution in [2.75, 3.05) is 6.54 Å². The van der Waals surface area contributed by atoms with Crippen molar-refractivity contribution < 1.29 is 4.79 Å². The van der Waals surface area contributed by atoms with Gasteiger partial charge in [0.2, 0.25) is 5.91 Å². The summed E-state index contributed by atoms with van der Waals surface area (Å²) in [6.45, 7) is 7.64. The lowest BCUT2D eigenvalue weighted by Gasteiger charge is -2.18. The van der Waals surface area contributed by atoms with Crippen molar-refractivity contribution in [3.8, 4) is 0 Å². The minimum absolute atomic E-state index is 0.272. The van der Waals surface area contributed by atoms with Crippen LogP contribution in [0.15, 0.2) is 0 Å². The maximum atomic E-state index is 11.2. The molecule has 2 heteroatoms. The molecule has 0 saturated carbocycles. The van der Waals surface area contributed by atoms with E-state index in [-0.39, 0.29) is 5.91 Å². The van der Waals surface area contributed by atoms with E-state index >= 15 is 0 Å². The van der Waals surface area contributed by atoms with Crippen molar-refractivity contribution >= 4 is 5.91 Å². The average Bonchev–Trinajstić information content (AvgIpc) is 2.34. The molecule has 1 N–H and O–H groups in total. The molecular formula is C11H21NO. The molecule has 1 atom stereocenters. The van der Waals surface area contributed by atoms with Gasteiger partial charge in [0.15, 0.2) is 0 Å². The molecule has 2 nitrogen and oxygen atoms in total. The summed E-state index contributed by atoms with van der Waals surface area (Å²) >= 11 is 0. The van der Waals surface area contributed by atoms with Gasteiger partial charge in [0.25, 0.3) is 0 Å². The van der Waals surface area contributed by atoms with Crippen molar-refractivity contribution in [2.45, 2.75) is 46.5 Å². The molecule has 1 aliphatic heterocycles. The Hall–Kier alpha value is -0.530. The summed E-state index contributed by atoms with van der Waals surface area (Å²) in [7, 11) is 0. The molecule has 0 aromatic rings. The molecule has 1 aliphatic rings. The third kappa shape index (κ3) is 3.79. The van der Waals surface area contributed by atoms with E-state index in [0.717, 1.165) is 19.4 Å². The van der Waals surface area contributed by atoms with E-state index < -0.39 is 0 Å².